The van der Waals surface area contributed by atoms with Crippen molar-refractivity contribution in [1.29, 1.82) is 0 Å². The van der Waals surface area contributed by atoms with E-state index in [0.717, 1.165) is 28.6 Å². The summed E-state index contributed by atoms with van der Waals surface area (Å²) < 4.78 is 0.965. The van der Waals surface area contributed by atoms with Crippen LogP contribution in [0.3, 0.4) is 0 Å². The maximum Gasteiger partial charge on any atom is 0.261 e. The highest BCUT2D eigenvalue weighted by atomic mass is 79.9. The van der Waals surface area contributed by atoms with Gasteiger partial charge in [-0.15, -0.1) is 11.3 Å². The van der Waals surface area contributed by atoms with E-state index in [0.29, 0.717) is 10.8 Å². The van der Waals surface area contributed by atoms with E-state index in [-0.39, 0.29) is 18.4 Å². The summed E-state index contributed by atoms with van der Waals surface area (Å²) in [7, 11) is 0. The molecule has 0 bridgehead atoms. The number of nitrogens with one attached hydrogen (secondary N) is 2. The lowest BCUT2D eigenvalue weighted by molar-refractivity contribution is -0.115. The first-order chi connectivity index (χ1) is 11.9. The van der Waals surface area contributed by atoms with Crippen LogP contribution in [0.4, 0.5) is 5.69 Å². The fourth-order valence-electron chi connectivity index (χ4n) is 3.03. The highest BCUT2D eigenvalue weighted by Crippen LogP contribution is 2.32. The normalized spacial score (nSPS) is 16.2. The molecule has 1 heterocycles. The van der Waals surface area contributed by atoms with E-state index < -0.39 is 0 Å². The van der Waals surface area contributed by atoms with Crippen molar-refractivity contribution < 1.29 is 9.59 Å². The molecule has 0 spiro atoms. The first-order valence-electron chi connectivity index (χ1n) is 8.38. The summed E-state index contributed by atoms with van der Waals surface area (Å²) in [5.41, 5.74) is 3.01. The molecule has 2 N–H and O–H groups in total. The second-order valence-corrected chi connectivity index (χ2v) is 8.65. The number of aryl methyl sites for hydroxylation is 2. The van der Waals surface area contributed by atoms with Crippen LogP contribution in [0.15, 0.2) is 28.7 Å². The predicted octanol–water partition coefficient (Wildman–Crippen LogP) is 4.31. The molecule has 132 valence electrons. The second kappa shape index (κ2) is 7.70. The van der Waals surface area contributed by atoms with Crippen LogP contribution < -0.4 is 10.6 Å². The van der Waals surface area contributed by atoms with Crippen LogP contribution in [-0.2, 0) is 17.6 Å². The Morgan fingerprint density at radius 1 is 1.32 bits per heavy atom. The third-order valence-corrected chi connectivity index (χ3v) is 6.15. The molecule has 0 fully saturated rings. The van der Waals surface area contributed by atoms with Gasteiger partial charge in [0.05, 0.1) is 11.4 Å². The number of hydrogen-bond donors (Lipinski definition) is 2. The molecule has 25 heavy (non-hydrogen) atoms. The van der Waals surface area contributed by atoms with Gasteiger partial charge in [0.25, 0.3) is 5.91 Å². The molecule has 0 aliphatic heterocycles. The van der Waals surface area contributed by atoms with Crippen LogP contribution in [0.5, 0.6) is 0 Å². The van der Waals surface area contributed by atoms with Gasteiger partial charge in [-0.1, -0.05) is 22.9 Å². The monoisotopic (exact) mass is 420 g/mol. The third-order valence-electron chi connectivity index (χ3n) is 4.43. The van der Waals surface area contributed by atoms with Crippen molar-refractivity contribution in [2.45, 2.75) is 33.1 Å². The molecule has 1 aliphatic rings. The minimum atomic E-state index is -0.228. The highest BCUT2D eigenvalue weighted by molar-refractivity contribution is 9.10. The Hall–Kier alpha value is -1.66. The predicted molar refractivity (Wildman–Crippen MR) is 105 cm³/mol. The van der Waals surface area contributed by atoms with Crippen molar-refractivity contribution in [3.63, 3.8) is 0 Å². The fraction of sp³-hybridized carbons (Fsp3) is 0.368. The number of benzene rings is 1. The molecule has 1 aliphatic carbocycles. The lowest BCUT2D eigenvalue weighted by Gasteiger charge is -2.16. The smallest absolute Gasteiger partial charge is 0.261 e. The lowest BCUT2D eigenvalue weighted by atomic mass is 9.90. The molecule has 1 aromatic carbocycles. The summed E-state index contributed by atoms with van der Waals surface area (Å²) in [5, 5.41) is 5.55. The summed E-state index contributed by atoms with van der Waals surface area (Å²) >= 11 is 4.95. The molecular formula is C19H21BrN2O2S. The Labute approximate surface area is 160 Å². The largest absolute Gasteiger partial charge is 0.342 e. The van der Waals surface area contributed by atoms with Gasteiger partial charge in [-0.2, -0.15) is 0 Å². The molecule has 1 atom stereocenters. The van der Waals surface area contributed by atoms with Gasteiger partial charge in [-0.05, 0) is 67.5 Å². The van der Waals surface area contributed by atoms with Crippen molar-refractivity contribution in [2.75, 3.05) is 11.9 Å². The van der Waals surface area contributed by atoms with Gasteiger partial charge in [0, 0.05) is 15.0 Å². The van der Waals surface area contributed by atoms with Crippen LogP contribution >= 0.6 is 27.3 Å². The van der Waals surface area contributed by atoms with Crippen LogP contribution in [0, 0.1) is 12.8 Å². The zero-order valence-corrected chi connectivity index (χ0v) is 16.7. The summed E-state index contributed by atoms with van der Waals surface area (Å²) in [4.78, 5) is 26.4. The number of thiophene rings is 1. The van der Waals surface area contributed by atoms with E-state index in [4.69, 9.17) is 0 Å². The van der Waals surface area contributed by atoms with Crippen molar-refractivity contribution in [2.24, 2.45) is 5.92 Å². The number of halogens is 1. The highest BCUT2D eigenvalue weighted by Gasteiger charge is 2.20. The number of rotatable bonds is 4. The van der Waals surface area contributed by atoms with Gasteiger partial charge in [0.15, 0.2) is 0 Å². The van der Waals surface area contributed by atoms with E-state index in [2.05, 4.69) is 33.5 Å². The Kier molecular flexibility index (Phi) is 5.59. The number of amides is 2. The maximum atomic E-state index is 12.3. The Morgan fingerprint density at radius 2 is 2.12 bits per heavy atom. The molecular weight excluding hydrogens is 400 g/mol. The second-order valence-electron chi connectivity index (χ2n) is 6.60. The van der Waals surface area contributed by atoms with Gasteiger partial charge in [0.1, 0.15) is 0 Å². The van der Waals surface area contributed by atoms with E-state index in [1.165, 1.54) is 16.9 Å². The summed E-state index contributed by atoms with van der Waals surface area (Å²) in [6.45, 7) is 4.14. The molecule has 0 unspecified atom stereocenters. The topological polar surface area (TPSA) is 58.2 Å². The Bertz CT molecular complexity index is 816. The third kappa shape index (κ3) is 4.50. The van der Waals surface area contributed by atoms with E-state index >= 15 is 0 Å². The summed E-state index contributed by atoms with van der Waals surface area (Å²) in [5.74, 6) is 0.279. The molecule has 0 radical (unpaired) electrons. The Morgan fingerprint density at radius 3 is 2.88 bits per heavy atom. The van der Waals surface area contributed by atoms with Crippen molar-refractivity contribution in [3.8, 4) is 0 Å². The zero-order chi connectivity index (χ0) is 18.0. The molecule has 0 saturated carbocycles. The maximum absolute atomic E-state index is 12.3. The molecule has 2 aromatic rings. The van der Waals surface area contributed by atoms with E-state index in [1.807, 2.05) is 31.2 Å². The first kappa shape index (κ1) is 18.1. The fourth-order valence-corrected chi connectivity index (χ4v) is 4.63. The first-order valence-corrected chi connectivity index (χ1v) is 9.99. The molecule has 6 heteroatoms. The Balaban J connectivity index is 1.56. The van der Waals surface area contributed by atoms with Gasteiger partial charge in [-0.25, -0.2) is 0 Å². The average Bonchev–Trinajstić information content (AvgIpc) is 2.98. The van der Waals surface area contributed by atoms with Gasteiger partial charge >= 0.3 is 0 Å². The standard InChI is InChI=1S/C19H21BrN2O2S/c1-11-3-6-16-13(7-11)9-17(25-16)19(24)21-10-18(23)22-15-5-4-14(20)8-12(15)2/h4-5,8-9,11H,3,6-7,10H2,1-2H3,(H,21,24)(H,22,23)/t11-/m1/s1. The van der Waals surface area contributed by atoms with Crippen LogP contribution in [0.2, 0.25) is 0 Å². The molecule has 1 aromatic heterocycles. The molecule has 3 rings (SSSR count). The van der Waals surface area contributed by atoms with Crippen LogP contribution in [0.25, 0.3) is 0 Å². The SMILES string of the molecule is Cc1cc(Br)ccc1NC(=O)CNC(=O)c1cc2c(s1)CC[C@@H](C)C2. The molecule has 0 saturated heterocycles. The number of carbonyl (C=O) groups is 2. The minimum Gasteiger partial charge on any atom is -0.342 e. The quantitative estimate of drug-likeness (QED) is 0.773. The number of anilines is 1. The van der Waals surface area contributed by atoms with Crippen LogP contribution in [0.1, 0.15) is 39.0 Å². The number of fused-ring (bicyclic) bond motifs is 1. The number of hydrogen-bond acceptors (Lipinski definition) is 3. The summed E-state index contributed by atoms with van der Waals surface area (Å²) in [6.07, 6.45) is 3.28. The average molecular weight is 421 g/mol. The van der Waals surface area contributed by atoms with Crippen molar-refractivity contribution >= 4 is 44.8 Å². The molecule has 4 nitrogen and oxygen atoms in total. The summed E-state index contributed by atoms with van der Waals surface area (Å²) in [6, 6.07) is 7.64. The van der Waals surface area contributed by atoms with E-state index in [1.54, 1.807) is 11.3 Å². The van der Waals surface area contributed by atoms with Gasteiger partial charge < -0.3 is 10.6 Å². The minimum absolute atomic E-state index is 0.0344. The van der Waals surface area contributed by atoms with Crippen molar-refractivity contribution in [1.82, 2.24) is 5.32 Å². The zero-order valence-electron chi connectivity index (χ0n) is 14.3. The van der Waals surface area contributed by atoms with E-state index in [9.17, 15) is 9.59 Å². The van der Waals surface area contributed by atoms with Crippen LogP contribution in [-0.4, -0.2) is 18.4 Å². The number of carbonyl (C=O) groups excluding carboxylic acids is 2. The van der Waals surface area contributed by atoms with Gasteiger partial charge in [-0.3, -0.25) is 9.59 Å². The lowest BCUT2D eigenvalue weighted by Crippen LogP contribution is -2.32. The van der Waals surface area contributed by atoms with Crippen molar-refractivity contribution in [3.05, 3.63) is 49.6 Å². The van der Waals surface area contributed by atoms with Gasteiger partial charge in [0.2, 0.25) is 5.91 Å². The molecule has 2 amide bonds.